The number of aliphatic hydroxyl groups excluding tert-OH is 1. The Morgan fingerprint density at radius 2 is 2.38 bits per heavy atom. The number of aliphatic hydroxyl groups is 1. The maximum Gasteiger partial charge on any atom is 0.255 e. The van der Waals surface area contributed by atoms with Crippen LogP contribution < -0.4 is 5.73 Å². The summed E-state index contributed by atoms with van der Waals surface area (Å²) in [6.45, 7) is 0.384. The Morgan fingerprint density at radius 3 is 2.94 bits per heavy atom. The van der Waals surface area contributed by atoms with Crippen molar-refractivity contribution in [3.05, 3.63) is 11.7 Å². The van der Waals surface area contributed by atoms with Crippen molar-refractivity contribution in [2.24, 2.45) is 11.7 Å². The van der Waals surface area contributed by atoms with Gasteiger partial charge >= 0.3 is 0 Å². The van der Waals surface area contributed by atoms with Gasteiger partial charge in [0, 0.05) is 7.11 Å². The van der Waals surface area contributed by atoms with Gasteiger partial charge in [-0.3, -0.25) is 0 Å². The second-order valence-electron chi connectivity index (χ2n) is 4.08. The minimum atomic E-state index is -0.775. The molecule has 0 bridgehead atoms. The minimum Gasteiger partial charge on any atom is -0.383 e. The third kappa shape index (κ3) is 2.40. The van der Waals surface area contributed by atoms with Gasteiger partial charge in [0.1, 0.15) is 12.2 Å². The molecule has 6 heteroatoms. The van der Waals surface area contributed by atoms with Crippen LogP contribution in [0, 0.1) is 5.92 Å². The first-order valence-electron chi connectivity index (χ1n) is 5.50. The third-order valence-corrected chi connectivity index (χ3v) is 2.74. The Kier molecular flexibility index (Phi) is 3.52. The largest absolute Gasteiger partial charge is 0.383 e. The van der Waals surface area contributed by atoms with E-state index in [0.717, 1.165) is 12.8 Å². The van der Waals surface area contributed by atoms with Gasteiger partial charge in [-0.2, -0.15) is 4.98 Å². The second-order valence-corrected chi connectivity index (χ2v) is 4.08. The van der Waals surface area contributed by atoms with Crippen molar-refractivity contribution in [2.75, 3.05) is 13.7 Å². The lowest BCUT2D eigenvalue weighted by Gasteiger charge is -2.08. The summed E-state index contributed by atoms with van der Waals surface area (Å²) in [7, 11) is 1.63. The summed E-state index contributed by atoms with van der Waals surface area (Å²) in [4.78, 5) is 4.15. The molecule has 2 rings (SSSR count). The predicted molar refractivity (Wildman–Crippen MR) is 55.4 cm³/mol. The standard InChI is InChI=1S/C10H17N3O3/c1-15-8(6-2-3-6)9-12-10(16-13-9)7(14)4-5-11/h6-8,14H,2-5,11H2,1H3. The van der Waals surface area contributed by atoms with E-state index in [9.17, 15) is 5.11 Å². The van der Waals surface area contributed by atoms with E-state index in [4.69, 9.17) is 15.0 Å². The first-order chi connectivity index (χ1) is 7.76. The molecule has 1 fully saturated rings. The van der Waals surface area contributed by atoms with Crippen LogP contribution in [-0.4, -0.2) is 28.9 Å². The molecule has 3 N–H and O–H groups in total. The molecule has 0 saturated heterocycles. The number of hydrogen-bond donors (Lipinski definition) is 2. The summed E-state index contributed by atoms with van der Waals surface area (Å²) >= 11 is 0. The summed E-state index contributed by atoms with van der Waals surface area (Å²) < 4.78 is 10.3. The molecule has 1 heterocycles. The summed E-state index contributed by atoms with van der Waals surface area (Å²) in [6.07, 6.45) is 1.80. The highest BCUT2D eigenvalue weighted by molar-refractivity contribution is 4.99. The molecule has 16 heavy (non-hydrogen) atoms. The highest BCUT2D eigenvalue weighted by Gasteiger charge is 2.36. The Hall–Kier alpha value is -0.980. The van der Waals surface area contributed by atoms with E-state index in [1.807, 2.05) is 0 Å². The number of methoxy groups -OCH3 is 1. The third-order valence-electron chi connectivity index (χ3n) is 2.74. The van der Waals surface area contributed by atoms with Gasteiger partial charge in [-0.15, -0.1) is 0 Å². The Balaban J connectivity index is 2.05. The summed E-state index contributed by atoms with van der Waals surface area (Å²) in [5.41, 5.74) is 5.34. The first-order valence-corrected chi connectivity index (χ1v) is 5.50. The molecule has 1 aliphatic rings. The van der Waals surface area contributed by atoms with Crippen LogP contribution in [0.15, 0.2) is 4.52 Å². The molecule has 1 aliphatic carbocycles. The molecule has 2 atom stereocenters. The van der Waals surface area contributed by atoms with Crippen molar-refractivity contribution in [2.45, 2.75) is 31.5 Å². The van der Waals surface area contributed by atoms with Gasteiger partial charge in [-0.25, -0.2) is 0 Å². The van der Waals surface area contributed by atoms with E-state index < -0.39 is 6.10 Å². The van der Waals surface area contributed by atoms with Crippen molar-refractivity contribution in [3.8, 4) is 0 Å². The first kappa shape index (κ1) is 11.5. The van der Waals surface area contributed by atoms with E-state index in [2.05, 4.69) is 10.1 Å². The van der Waals surface area contributed by atoms with Gasteiger partial charge in [0.2, 0.25) is 5.82 Å². The number of hydrogen-bond acceptors (Lipinski definition) is 6. The fourth-order valence-corrected chi connectivity index (χ4v) is 1.69. The summed E-state index contributed by atoms with van der Waals surface area (Å²) in [5.74, 6) is 1.24. The second kappa shape index (κ2) is 4.90. The average molecular weight is 227 g/mol. The normalized spacial score (nSPS) is 19.7. The topological polar surface area (TPSA) is 94.4 Å². The molecule has 1 aromatic rings. The molecule has 2 unspecified atom stereocenters. The molecule has 1 aromatic heterocycles. The zero-order valence-corrected chi connectivity index (χ0v) is 9.30. The van der Waals surface area contributed by atoms with Crippen LogP contribution in [0.1, 0.15) is 43.2 Å². The molecule has 0 aliphatic heterocycles. The maximum absolute atomic E-state index is 9.63. The molecule has 0 amide bonds. The number of rotatable bonds is 6. The highest BCUT2D eigenvalue weighted by atomic mass is 16.5. The number of nitrogens with two attached hydrogens (primary N) is 1. The summed E-state index contributed by atoms with van der Waals surface area (Å²) in [6, 6.07) is 0. The van der Waals surface area contributed by atoms with Gasteiger partial charge in [0.15, 0.2) is 0 Å². The number of aromatic nitrogens is 2. The molecule has 0 spiro atoms. The lowest BCUT2D eigenvalue weighted by atomic mass is 10.2. The monoisotopic (exact) mass is 227 g/mol. The van der Waals surface area contributed by atoms with Gasteiger partial charge in [0.05, 0.1) is 0 Å². The molecular formula is C10H17N3O3. The van der Waals surface area contributed by atoms with Crippen LogP contribution in [0.2, 0.25) is 0 Å². The number of ether oxygens (including phenoxy) is 1. The smallest absolute Gasteiger partial charge is 0.255 e. The Morgan fingerprint density at radius 1 is 1.62 bits per heavy atom. The number of nitrogens with zero attached hydrogens (tertiary/aromatic N) is 2. The maximum atomic E-state index is 9.63. The van der Waals surface area contributed by atoms with E-state index in [-0.39, 0.29) is 12.0 Å². The molecule has 0 aromatic carbocycles. The van der Waals surface area contributed by atoms with Gasteiger partial charge < -0.3 is 20.1 Å². The van der Waals surface area contributed by atoms with E-state index in [0.29, 0.717) is 24.7 Å². The highest BCUT2D eigenvalue weighted by Crippen LogP contribution is 2.42. The Bertz CT molecular complexity index is 338. The fraction of sp³-hybridized carbons (Fsp3) is 0.800. The van der Waals surface area contributed by atoms with Crippen molar-refractivity contribution < 1.29 is 14.4 Å². The lowest BCUT2D eigenvalue weighted by Crippen LogP contribution is -2.08. The molecule has 6 nitrogen and oxygen atoms in total. The molecular weight excluding hydrogens is 210 g/mol. The van der Waals surface area contributed by atoms with E-state index in [1.165, 1.54) is 0 Å². The predicted octanol–water partition coefficient (Wildman–Crippen LogP) is 0.549. The van der Waals surface area contributed by atoms with Crippen LogP contribution in [0.5, 0.6) is 0 Å². The average Bonchev–Trinajstić information content (AvgIpc) is 2.97. The van der Waals surface area contributed by atoms with Gasteiger partial charge in [-0.05, 0) is 31.7 Å². The van der Waals surface area contributed by atoms with E-state index >= 15 is 0 Å². The zero-order valence-electron chi connectivity index (χ0n) is 9.30. The quantitative estimate of drug-likeness (QED) is 0.737. The van der Waals surface area contributed by atoms with E-state index in [1.54, 1.807) is 7.11 Å². The van der Waals surface area contributed by atoms with Gasteiger partial charge in [0.25, 0.3) is 5.89 Å². The van der Waals surface area contributed by atoms with Crippen molar-refractivity contribution in [1.29, 1.82) is 0 Å². The molecule has 90 valence electrons. The minimum absolute atomic E-state index is 0.109. The van der Waals surface area contributed by atoms with Crippen molar-refractivity contribution in [1.82, 2.24) is 10.1 Å². The van der Waals surface area contributed by atoms with Gasteiger partial charge in [-0.1, -0.05) is 5.16 Å². The van der Waals surface area contributed by atoms with Crippen LogP contribution in [0.4, 0.5) is 0 Å². The Labute approximate surface area is 93.8 Å². The zero-order chi connectivity index (χ0) is 11.5. The van der Waals surface area contributed by atoms with Crippen molar-refractivity contribution in [3.63, 3.8) is 0 Å². The summed E-state index contributed by atoms with van der Waals surface area (Å²) in [5, 5.41) is 13.5. The van der Waals surface area contributed by atoms with Crippen LogP contribution in [0.3, 0.4) is 0 Å². The van der Waals surface area contributed by atoms with Crippen molar-refractivity contribution >= 4 is 0 Å². The fourth-order valence-electron chi connectivity index (χ4n) is 1.69. The SMILES string of the molecule is COC(c1noc(C(O)CCN)n1)C1CC1. The van der Waals surface area contributed by atoms with Crippen LogP contribution in [-0.2, 0) is 4.74 Å². The lowest BCUT2D eigenvalue weighted by molar-refractivity contribution is 0.0750. The van der Waals surface area contributed by atoms with Crippen LogP contribution >= 0.6 is 0 Å². The molecule has 0 radical (unpaired) electrons. The molecule has 1 saturated carbocycles. The van der Waals surface area contributed by atoms with Crippen LogP contribution in [0.25, 0.3) is 0 Å².